The Kier molecular flexibility index (Phi) is 5.85. The first kappa shape index (κ1) is 17.4. The second-order valence-electron chi connectivity index (χ2n) is 4.91. The van der Waals surface area contributed by atoms with Gasteiger partial charge in [-0.2, -0.15) is 5.10 Å². The summed E-state index contributed by atoms with van der Waals surface area (Å²) in [6, 6.07) is 5.75. The Morgan fingerprint density at radius 3 is 2.67 bits per heavy atom. The minimum atomic E-state index is -0.773. The van der Waals surface area contributed by atoms with Crippen LogP contribution < -0.4 is 16.7 Å². The van der Waals surface area contributed by atoms with Gasteiger partial charge in [0.2, 0.25) is 5.88 Å². The molecule has 0 atom stereocenters. The molecule has 1 aromatic heterocycles. The summed E-state index contributed by atoms with van der Waals surface area (Å²) < 4.78 is 13.9. The summed E-state index contributed by atoms with van der Waals surface area (Å²) in [4.78, 5) is 25.7. The Balaban J connectivity index is 2.22. The third-order valence-electron chi connectivity index (χ3n) is 3.25. The van der Waals surface area contributed by atoms with Gasteiger partial charge in [-0.1, -0.05) is 12.1 Å². The summed E-state index contributed by atoms with van der Waals surface area (Å²) in [5, 5.41) is 22.4. The summed E-state index contributed by atoms with van der Waals surface area (Å²) in [7, 11) is 0. The number of aliphatic hydroxyl groups is 1. The van der Waals surface area contributed by atoms with Crippen molar-refractivity contribution in [2.24, 2.45) is 5.10 Å². The van der Waals surface area contributed by atoms with Crippen molar-refractivity contribution in [2.75, 3.05) is 13.2 Å². The van der Waals surface area contributed by atoms with Crippen LogP contribution in [-0.2, 0) is 13.0 Å². The Morgan fingerprint density at radius 1 is 1.29 bits per heavy atom. The highest BCUT2D eigenvalue weighted by Gasteiger charge is 2.12. The largest absolute Gasteiger partial charge is 0.494 e. The number of nitrogens with one attached hydrogen (secondary N) is 2. The van der Waals surface area contributed by atoms with Crippen molar-refractivity contribution in [3.63, 3.8) is 0 Å². The quantitative estimate of drug-likeness (QED) is 0.310. The molecule has 0 aliphatic heterocycles. The lowest BCUT2D eigenvalue weighted by Gasteiger charge is -2.09. The zero-order valence-corrected chi connectivity index (χ0v) is 12.7. The molecule has 0 saturated heterocycles. The van der Waals surface area contributed by atoms with Crippen molar-refractivity contribution < 1.29 is 14.6 Å². The molecule has 0 aliphatic carbocycles. The van der Waals surface area contributed by atoms with E-state index in [0.717, 1.165) is 16.3 Å². The van der Waals surface area contributed by atoms with Crippen LogP contribution in [0, 0.1) is 5.82 Å². The van der Waals surface area contributed by atoms with E-state index < -0.39 is 17.1 Å². The Bertz CT molecular complexity index is 827. The summed E-state index contributed by atoms with van der Waals surface area (Å²) in [6.45, 7) is 0.133. The zero-order valence-electron chi connectivity index (χ0n) is 12.7. The first-order valence-corrected chi connectivity index (χ1v) is 7.20. The number of halogens is 1. The highest BCUT2D eigenvalue weighted by atomic mass is 19.1. The number of nitrogens with zero attached hydrogens (tertiary/aromatic N) is 2. The SMILES string of the molecule is O=c1[nH]c(=O)n(CCc2ccc(F)cc2)c(O)c1C=NNCCO. The number of benzene rings is 1. The molecule has 1 heterocycles. The van der Waals surface area contributed by atoms with Gasteiger partial charge in [-0.3, -0.25) is 14.3 Å². The predicted octanol–water partition coefficient (Wildman–Crippen LogP) is -0.460. The average molecular weight is 336 g/mol. The van der Waals surface area contributed by atoms with Crippen LogP contribution in [-0.4, -0.2) is 39.1 Å². The lowest BCUT2D eigenvalue weighted by atomic mass is 10.1. The normalized spacial score (nSPS) is 11.1. The van der Waals surface area contributed by atoms with E-state index >= 15 is 0 Å². The molecule has 128 valence electrons. The molecule has 2 aromatic rings. The third kappa shape index (κ3) is 4.29. The molecular weight excluding hydrogens is 319 g/mol. The maximum atomic E-state index is 12.9. The summed E-state index contributed by atoms with van der Waals surface area (Å²) in [5.74, 6) is -0.878. The van der Waals surface area contributed by atoms with Crippen molar-refractivity contribution in [1.82, 2.24) is 15.0 Å². The van der Waals surface area contributed by atoms with Crippen LogP contribution in [0.1, 0.15) is 11.1 Å². The Morgan fingerprint density at radius 2 is 2.00 bits per heavy atom. The topological polar surface area (TPSA) is 120 Å². The number of aromatic hydroxyl groups is 1. The molecule has 9 heteroatoms. The second kappa shape index (κ2) is 8.06. The van der Waals surface area contributed by atoms with Gasteiger partial charge >= 0.3 is 5.69 Å². The highest BCUT2D eigenvalue weighted by molar-refractivity contribution is 5.81. The second-order valence-corrected chi connectivity index (χ2v) is 4.91. The fraction of sp³-hybridized carbons (Fsp3) is 0.267. The van der Waals surface area contributed by atoms with Crippen molar-refractivity contribution in [3.05, 3.63) is 62.0 Å². The molecule has 0 fully saturated rings. The van der Waals surface area contributed by atoms with E-state index in [1.54, 1.807) is 12.1 Å². The number of aromatic nitrogens is 2. The van der Waals surface area contributed by atoms with E-state index in [2.05, 4.69) is 15.5 Å². The van der Waals surface area contributed by atoms with Crippen molar-refractivity contribution in [1.29, 1.82) is 0 Å². The number of hydrogen-bond acceptors (Lipinski definition) is 6. The fourth-order valence-corrected chi connectivity index (χ4v) is 2.02. The smallest absolute Gasteiger partial charge is 0.331 e. The minimum absolute atomic E-state index is 0.0952. The minimum Gasteiger partial charge on any atom is -0.494 e. The number of aromatic amines is 1. The van der Waals surface area contributed by atoms with E-state index in [9.17, 15) is 19.1 Å². The Hall–Kier alpha value is -2.94. The average Bonchev–Trinajstić information content (AvgIpc) is 2.55. The molecule has 0 aliphatic rings. The molecule has 0 bridgehead atoms. The van der Waals surface area contributed by atoms with Gasteiger partial charge in [-0.25, -0.2) is 9.18 Å². The van der Waals surface area contributed by atoms with Crippen LogP contribution in [0.25, 0.3) is 0 Å². The van der Waals surface area contributed by atoms with Crippen LogP contribution >= 0.6 is 0 Å². The molecule has 0 spiro atoms. The maximum Gasteiger partial charge on any atom is 0.331 e. The predicted molar refractivity (Wildman–Crippen MR) is 85.8 cm³/mol. The summed E-state index contributed by atoms with van der Waals surface area (Å²) >= 11 is 0. The van der Waals surface area contributed by atoms with E-state index in [0.29, 0.717) is 6.42 Å². The van der Waals surface area contributed by atoms with Crippen molar-refractivity contribution >= 4 is 6.21 Å². The number of H-pyrrole nitrogens is 1. The van der Waals surface area contributed by atoms with Crippen LogP contribution in [0.2, 0.25) is 0 Å². The molecule has 8 nitrogen and oxygen atoms in total. The highest BCUT2D eigenvalue weighted by Crippen LogP contribution is 2.10. The number of rotatable bonds is 7. The van der Waals surface area contributed by atoms with Crippen LogP contribution in [0.15, 0.2) is 39.0 Å². The molecule has 2 rings (SSSR count). The van der Waals surface area contributed by atoms with E-state index in [1.165, 1.54) is 12.1 Å². The molecule has 24 heavy (non-hydrogen) atoms. The van der Waals surface area contributed by atoms with Crippen molar-refractivity contribution in [3.8, 4) is 5.88 Å². The summed E-state index contributed by atoms with van der Waals surface area (Å²) in [6.07, 6.45) is 1.43. The molecule has 0 unspecified atom stereocenters. The van der Waals surface area contributed by atoms with Gasteiger partial charge in [0.25, 0.3) is 5.56 Å². The van der Waals surface area contributed by atoms with Gasteiger partial charge in [0, 0.05) is 6.54 Å². The number of aliphatic hydroxyl groups excluding tert-OH is 1. The van der Waals surface area contributed by atoms with Gasteiger partial charge in [-0.15, -0.1) is 0 Å². The zero-order chi connectivity index (χ0) is 17.5. The molecule has 4 N–H and O–H groups in total. The van der Waals surface area contributed by atoms with Gasteiger partial charge in [-0.05, 0) is 24.1 Å². The van der Waals surface area contributed by atoms with Gasteiger partial charge in [0.05, 0.1) is 19.4 Å². The Labute approximate surface area is 135 Å². The maximum absolute atomic E-state index is 12.9. The molecule has 0 amide bonds. The first-order chi connectivity index (χ1) is 11.5. The molecular formula is C15H17FN4O4. The fourth-order valence-electron chi connectivity index (χ4n) is 2.02. The lowest BCUT2D eigenvalue weighted by Crippen LogP contribution is -2.33. The van der Waals surface area contributed by atoms with E-state index in [-0.39, 0.29) is 31.1 Å². The van der Waals surface area contributed by atoms with Crippen LogP contribution in [0.3, 0.4) is 0 Å². The van der Waals surface area contributed by atoms with E-state index in [4.69, 9.17) is 5.11 Å². The van der Waals surface area contributed by atoms with Crippen molar-refractivity contribution in [2.45, 2.75) is 13.0 Å². The lowest BCUT2D eigenvalue weighted by molar-refractivity contribution is 0.294. The van der Waals surface area contributed by atoms with Crippen LogP contribution in [0.4, 0.5) is 4.39 Å². The van der Waals surface area contributed by atoms with Gasteiger partial charge in [0.1, 0.15) is 11.4 Å². The number of hydrogen-bond donors (Lipinski definition) is 4. The number of hydrazone groups is 1. The molecule has 0 saturated carbocycles. The number of aryl methyl sites for hydroxylation is 1. The summed E-state index contributed by atoms with van der Waals surface area (Å²) in [5.41, 5.74) is 1.54. The monoisotopic (exact) mass is 336 g/mol. The molecule has 0 radical (unpaired) electrons. The van der Waals surface area contributed by atoms with Gasteiger partial charge < -0.3 is 15.6 Å². The van der Waals surface area contributed by atoms with E-state index in [1.807, 2.05) is 0 Å². The molecule has 1 aromatic carbocycles. The first-order valence-electron chi connectivity index (χ1n) is 7.20. The van der Waals surface area contributed by atoms with Gasteiger partial charge in [0.15, 0.2) is 0 Å². The standard InChI is InChI=1S/C15H17FN4O4/c16-11-3-1-10(2-4-11)5-7-20-14(23)12(9-18-17-6-8-21)13(22)19-15(20)24/h1-4,9,17,21,23H,5-8H2,(H,19,22,24). The van der Waals surface area contributed by atoms with Crippen LogP contribution in [0.5, 0.6) is 5.88 Å². The third-order valence-corrected chi connectivity index (χ3v) is 3.25.